The minimum absolute atomic E-state index is 0.356. The Balaban J connectivity index is 1.64. The summed E-state index contributed by atoms with van der Waals surface area (Å²) in [7, 11) is 0. The summed E-state index contributed by atoms with van der Waals surface area (Å²) in [5.41, 5.74) is 1.22. The number of imidazole rings is 1. The predicted octanol–water partition coefficient (Wildman–Crippen LogP) is 3.05. The largest absolute Gasteiger partial charge is 0.449 e. The van der Waals surface area contributed by atoms with E-state index in [-0.39, 0.29) is 0 Å². The maximum Gasteiger partial charge on any atom is 0.338 e. The lowest BCUT2D eigenvalue weighted by atomic mass is 10.1. The van der Waals surface area contributed by atoms with Gasteiger partial charge in [0.15, 0.2) is 6.10 Å². The minimum Gasteiger partial charge on any atom is -0.449 e. The van der Waals surface area contributed by atoms with Gasteiger partial charge in [-0.05, 0) is 30.7 Å². The fraction of sp³-hybridized carbons (Fsp3) is 0.158. The molecule has 0 fully saturated rings. The van der Waals surface area contributed by atoms with Crippen molar-refractivity contribution >= 4 is 17.7 Å². The Morgan fingerprint density at radius 2 is 1.92 bits per heavy atom. The average Bonchev–Trinajstić information content (AvgIpc) is 3.21. The van der Waals surface area contributed by atoms with Crippen molar-refractivity contribution < 1.29 is 14.3 Å². The predicted molar refractivity (Wildman–Crippen MR) is 96.4 cm³/mol. The number of ether oxygens (including phenoxy) is 1. The van der Waals surface area contributed by atoms with Crippen LogP contribution in [0.2, 0.25) is 0 Å². The first-order chi connectivity index (χ1) is 12.7. The first-order valence-corrected chi connectivity index (χ1v) is 8.20. The number of hydrogen-bond acceptors (Lipinski definition) is 5. The monoisotopic (exact) mass is 350 g/mol. The third-order valence-electron chi connectivity index (χ3n) is 3.72. The molecular weight excluding hydrogens is 332 g/mol. The first-order valence-electron chi connectivity index (χ1n) is 8.20. The Kier molecular flexibility index (Phi) is 5.38. The molecule has 0 bridgehead atoms. The van der Waals surface area contributed by atoms with Crippen LogP contribution in [0.25, 0.3) is 11.4 Å². The molecule has 1 atom stereocenters. The molecule has 1 unspecified atom stereocenters. The van der Waals surface area contributed by atoms with E-state index in [0.717, 1.165) is 5.56 Å². The Labute approximate surface area is 150 Å². The van der Waals surface area contributed by atoms with Crippen molar-refractivity contribution in [3.63, 3.8) is 0 Å². The molecule has 132 valence electrons. The molecule has 2 heterocycles. The Morgan fingerprint density at radius 1 is 1.12 bits per heavy atom. The number of carbonyl (C=O) groups is 2. The van der Waals surface area contributed by atoms with E-state index < -0.39 is 18.0 Å². The number of H-pyrrole nitrogens is 1. The summed E-state index contributed by atoms with van der Waals surface area (Å²) in [6, 6.07) is 12.0. The maximum atomic E-state index is 12.3. The third-order valence-corrected chi connectivity index (χ3v) is 3.72. The molecule has 0 saturated carbocycles. The number of aromatic amines is 1. The van der Waals surface area contributed by atoms with Crippen LogP contribution in [0.1, 0.15) is 23.7 Å². The Bertz CT molecular complexity index is 862. The van der Waals surface area contributed by atoms with Gasteiger partial charge in [-0.3, -0.25) is 4.79 Å². The normalized spacial score (nSPS) is 11.6. The number of benzene rings is 1. The van der Waals surface area contributed by atoms with Crippen LogP contribution in [0.4, 0.5) is 5.82 Å². The van der Waals surface area contributed by atoms with Crippen molar-refractivity contribution in [2.24, 2.45) is 0 Å². The first kappa shape index (κ1) is 17.3. The summed E-state index contributed by atoms with van der Waals surface area (Å²) >= 11 is 0. The second kappa shape index (κ2) is 8.06. The summed E-state index contributed by atoms with van der Waals surface area (Å²) in [4.78, 5) is 35.8. The van der Waals surface area contributed by atoms with Gasteiger partial charge in [0, 0.05) is 24.2 Å². The molecule has 1 amide bonds. The molecule has 7 heteroatoms. The van der Waals surface area contributed by atoms with Crippen molar-refractivity contribution in [1.82, 2.24) is 15.0 Å². The SMILES string of the molecule is CCC(OC(=O)c1ccc(-c2ncc[nH]2)cc1)C(=O)Nc1ccccn1. The molecule has 0 saturated heterocycles. The summed E-state index contributed by atoms with van der Waals surface area (Å²) in [5, 5.41) is 2.64. The van der Waals surface area contributed by atoms with Gasteiger partial charge in [-0.2, -0.15) is 0 Å². The van der Waals surface area contributed by atoms with Crippen molar-refractivity contribution in [2.45, 2.75) is 19.4 Å². The van der Waals surface area contributed by atoms with Gasteiger partial charge in [0.25, 0.3) is 5.91 Å². The number of carbonyl (C=O) groups excluding carboxylic acids is 2. The topological polar surface area (TPSA) is 97.0 Å². The average molecular weight is 350 g/mol. The second-order valence-corrected chi connectivity index (χ2v) is 5.52. The van der Waals surface area contributed by atoms with Crippen molar-refractivity contribution in [2.75, 3.05) is 5.32 Å². The highest BCUT2D eigenvalue weighted by atomic mass is 16.5. The Hall–Kier alpha value is -3.48. The molecule has 1 aromatic carbocycles. The number of hydrogen-bond donors (Lipinski definition) is 2. The van der Waals surface area contributed by atoms with Crippen molar-refractivity contribution in [3.8, 4) is 11.4 Å². The number of rotatable bonds is 6. The summed E-state index contributed by atoms with van der Waals surface area (Å²) < 4.78 is 5.35. The van der Waals surface area contributed by atoms with E-state index >= 15 is 0 Å². The molecule has 0 aliphatic heterocycles. The molecule has 7 nitrogen and oxygen atoms in total. The number of anilines is 1. The van der Waals surface area contributed by atoms with E-state index in [1.54, 1.807) is 68.0 Å². The van der Waals surface area contributed by atoms with Gasteiger partial charge in [0.05, 0.1) is 5.56 Å². The molecule has 0 radical (unpaired) electrons. The molecule has 3 aromatic rings. The van der Waals surface area contributed by atoms with Gasteiger partial charge >= 0.3 is 5.97 Å². The standard InChI is InChI=1S/C19H18N4O3/c1-2-15(18(24)23-16-5-3-4-10-20-16)26-19(25)14-8-6-13(7-9-14)17-21-11-12-22-17/h3-12,15H,2H2,1H3,(H,21,22)(H,20,23,24). The summed E-state index contributed by atoms with van der Waals surface area (Å²) in [6.45, 7) is 1.77. The Morgan fingerprint density at radius 3 is 2.54 bits per heavy atom. The van der Waals surface area contributed by atoms with Crippen LogP contribution < -0.4 is 5.32 Å². The van der Waals surface area contributed by atoms with Crippen LogP contribution in [0, 0.1) is 0 Å². The maximum absolute atomic E-state index is 12.3. The van der Waals surface area contributed by atoms with Crippen LogP contribution in [0.15, 0.2) is 61.1 Å². The minimum atomic E-state index is -0.894. The van der Waals surface area contributed by atoms with Crippen LogP contribution in [0.5, 0.6) is 0 Å². The van der Waals surface area contributed by atoms with E-state index in [4.69, 9.17) is 4.74 Å². The van der Waals surface area contributed by atoms with Gasteiger partial charge in [-0.15, -0.1) is 0 Å². The number of aromatic nitrogens is 3. The second-order valence-electron chi connectivity index (χ2n) is 5.52. The quantitative estimate of drug-likeness (QED) is 0.666. The van der Waals surface area contributed by atoms with Crippen LogP contribution in [-0.2, 0) is 9.53 Å². The number of esters is 1. The molecule has 2 N–H and O–H groups in total. The van der Waals surface area contributed by atoms with Gasteiger partial charge in [-0.1, -0.05) is 25.1 Å². The highest BCUT2D eigenvalue weighted by Gasteiger charge is 2.22. The lowest BCUT2D eigenvalue weighted by Crippen LogP contribution is -2.32. The van der Waals surface area contributed by atoms with Crippen LogP contribution in [-0.4, -0.2) is 32.9 Å². The number of pyridine rings is 1. The molecule has 3 rings (SSSR count). The van der Waals surface area contributed by atoms with Gasteiger partial charge < -0.3 is 15.0 Å². The number of nitrogens with zero attached hydrogens (tertiary/aromatic N) is 2. The lowest BCUT2D eigenvalue weighted by molar-refractivity contribution is -0.124. The summed E-state index contributed by atoms with van der Waals surface area (Å²) in [5.74, 6) is 0.159. The van der Waals surface area contributed by atoms with Crippen molar-refractivity contribution in [1.29, 1.82) is 0 Å². The van der Waals surface area contributed by atoms with E-state index in [2.05, 4.69) is 20.3 Å². The highest BCUT2D eigenvalue weighted by Crippen LogP contribution is 2.16. The lowest BCUT2D eigenvalue weighted by Gasteiger charge is -2.15. The fourth-order valence-electron chi connectivity index (χ4n) is 2.35. The molecule has 26 heavy (non-hydrogen) atoms. The zero-order valence-electron chi connectivity index (χ0n) is 14.2. The zero-order chi connectivity index (χ0) is 18.4. The van der Waals surface area contributed by atoms with Gasteiger partial charge in [0.2, 0.25) is 0 Å². The molecule has 0 aliphatic rings. The van der Waals surface area contributed by atoms with Crippen molar-refractivity contribution in [3.05, 3.63) is 66.6 Å². The van der Waals surface area contributed by atoms with E-state index in [9.17, 15) is 9.59 Å². The molecule has 2 aromatic heterocycles. The highest BCUT2D eigenvalue weighted by molar-refractivity contribution is 5.97. The zero-order valence-corrected chi connectivity index (χ0v) is 14.2. The fourth-order valence-corrected chi connectivity index (χ4v) is 2.35. The van der Waals surface area contributed by atoms with Gasteiger partial charge in [0.1, 0.15) is 11.6 Å². The smallest absolute Gasteiger partial charge is 0.338 e. The summed E-state index contributed by atoms with van der Waals surface area (Å²) in [6.07, 6.45) is 4.42. The van der Waals surface area contributed by atoms with E-state index in [1.165, 1.54) is 0 Å². The molecular formula is C19H18N4O3. The number of amides is 1. The van der Waals surface area contributed by atoms with E-state index in [0.29, 0.717) is 23.6 Å². The third kappa shape index (κ3) is 4.13. The van der Waals surface area contributed by atoms with Crippen LogP contribution >= 0.6 is 0 Å². The number of nitrogens with one attached hydrogen (secondary N) is 2. The van der Waals surface area contributed by atoms with Crippen LogP contribution in [0.3, 0.4) is 0 Å². The van der Waals surface area contributed by atoms with E-state index in [1.807, 2.05) is 0 Å². The van der Waals surface area contributed by atoms with Gasteiger partial charge in [-0.25, -0.2) is 14.8 Å². The molecule has 0 spiro atoms. The molecule has 0 aliphatic carbocycles.